The van der Waals surface area contributed by atoms with E-state index in [1.807, 2.05) is 6.92 Å². The van der Waals surface area contributed by atoms with Gasteiger partial charge in [0.2, 0.25) is 5.91 Å². The van der Waals surface area contributed by atoms with Crippen molar-refractivity contribution in [2.24, 2.45) is 0 Å². The zero-order valence-corrected chi connectivity index (χ0v) is 15.4. The first-order valence-electron chi connectivity index (χ1n) is 8.84. The second-order valence-corrected chi connectivity index (χ2v) is 5.74. The van der Waals surface area contributed by atoms with Gasteiger partial charge in [0.1, 0.15) is 11.5 Å². The van der Waals surface area contributed by atoms with Gasteiger partial charge in [-0.15, -0.1) is 0 Å². The van der Waals surface area contributed by atoms with E-state index in [4.69, 9.17) is 4.74 Å². The number of hydrogen-bond donors (Lipinski definition) is 2. The quantitative estimate of drug-likeness (QED) is 0.603. The van der Waals surface area contributed by atoms with Crippen LogP contribution < -0.4 is 20.1 Å². The first-order chi connectivity index (χ1) is 13.5. The number of carbonyl (C=O) groups excluding carboxylic acids is 2. The Morgan fingerprint density at radius 2 is 1.79 bits per heavy atom. The number of anilines is 1. The largest absolute Gasteiger partial charge is 0.493 e. The minimum absolute atomic E-state index is 0.0167. The fraction of sp³-hybridized carbons (Fsp3) is 0.300. The molecule has 0 heterocycles. The maximum Gasteiger partial charge on any atom is 0.387 e. The number of ether oxygens (including phenoxy) is 2. The van der Waals surface area contributed by atoms with E-state index in [9.17, 15) is 18.4 Å². The molecule has 0 fully saturated rings. The summed E-state index contributed by atoms with van der Waals surface area (Å²) in [6.45, 7) is -0.267. The molecule has 0 bridgehead atoms. The van der Waals surface area contributed by atoms with Crippen molar-refractivity contribution in [1.29, 1.82) is 0 Å². The molecule has 0 aromatic heterocycles. The zero-order chi connectivity index (χ0) is 20.4. The van der Waals surface area contributed by atoms with E-state index in [-0.39, 0.29) is 24.0 Å². The second kappa shape index (κ2) is 10.9. The Labute approximate surface area is 161 Å². The highest BCUT2D eigenvalue weighted by molar-refractivity contribution is 5.97. The number of halogens is 2. The lowest BCUT2D eigenvalue weighted by molar-refractivity contribution is -0.116. The SMILES string of the molecule is CCOc1ccccc1C(=O)NCCCC(=O)Nc1ccc(OC(F)F)cc1. The van der Waals surface area contributed by atoms with Gasteiger partial charge in [-0.3, -0.25) is 9.59 Å². The second-order valence-electron chi connectivity index (χ2n) is 5.74. The predicted octanol–water partition coefficient (Wildman–Crippen LogP) is 3.84. The van der Waals surface area contributed by atoms with Gasteiger partial charge in [-0.1, -0.05) is 12.1 Å². The molecule has 2 N–H and O–H groups in total. The molecule has 0 saturated carbocycles. The topological polar surface area (TPSA) is 76.7 Å². The van der Waals surface area contributed by atoms with Gasteiger partial charge < -0.3 is 20.1 Å². The van der Waals surface area contributed by atoms with Crippen molar-refractivity contribution in [1.82, 2.24) is 5.32 Å². The number of rotatable bonds is 10. The fourth-order valence-corrected chi connectivity index (χ4v) is 2.42. The van der Waals surface area contributed by atoms with Crippen LogP contribution in [-0.2, 0) is 4.79 Å². The van der Waals surface area contributed by atoms with E-state index in [0.29, 0.717) is 36.6 Å². The summed E-state index contributed by atoms with van der Waals surface area (Å²) in [5.74, 6) is 0.0214. The highest BCUT2D eigenvalue weighted by atomic mass is 19.3. The predicted molar refractivity (Wildman–Crippen MR) is 101 cm³/mol. The normalized spacial score (nSPS) is 10.4. The number of alkyl halides is 2. The lowest BCUT2D eigenvalue weighted by Crippen LogP contribution is -2.26. The fourth-order valence-electron chi connectivity index (χ4n) is 2.42. The van der Waals surface area contributed by atoms with Crippen LogP contribution in [0.4, 0.5) is 14.5 Å². The molecule has 6 nitrogen and oxygen atoms in total. The van der Waals surface area contributed by atoms with Gasteiger partial charge in [0.05, 0.1) is 12.2 Å². The first kappa shape index (κ1) is 21.1. The summed E-state index contributed by atoms with van der Waals surface area (Å²) in [5.41, 5.74) is 0.918. The highest BCUT2D eigenvalue weighted by Crippen LogP contribution is 2.18. The van der Waals surface area contributed by atoms with Crippen molar-refractivity contribution < 1.29 is 27.8 Å². The monoisotopic (exact) mass is 392 g/mol. The van der Waals surface area contributed by atoms with Crippen molar-refractivity contribution >= 4 is 17.5 Å². The Bertz CT molecular complexity index is 782. The van der Waals surface area contributed by atoms with Crippen molar-refractivity contribution in [3.63, 3.8) is 0 Å². The Morgan fingerprint density at radius 1 is 1.07 bits per heavy atom. The van der Waals surface area contributed by atoms with E-state index < -0.39 is 6.61 Å². The summed E-state index contributed by atoms with van der Waals surface area (Å²) in [7, 11) is 0. The summed E-state index contributed by atoms with van der Waals surface area (Å²) >= 11 is 0. The van der Waals surface area contributed by atoms with Crippen LogP contribution in [0.15, 0.2) is 48.5 Å². The van der Waals surface area contributed by atoms with Crippen molar-refractivity contribution in [3.05, 3.63) is 54.1 Å². The zero-order valence-electron chi connectivity index (χ0n) is 15.4. The summed E-state index contributed by atoms with van der Waals surface area (Å²) in [6.07, 6.45) is 0.642. The van der Waals surface area contributed by atoms with Crippen LogP contribution in [0.5, 0.6) is 11.5 Å². The van der Waals surface area contributed by atoms with Gasteiger partial charge >= 0.3 is 6.61 Å². The van der Waals surface area contributed by atoms with E-state index in [1.54, 1.807) is 24.3 Å². The molecule has 2 aromatic carbocycles. The average Bonchev–Trinajstić information content (AvgIpc) is 2.67. The van der Waals surface area contributed by atoms with Crippen LogP contribution in [0, 0.1) is 0 Å². The van der Waals surface area contributed by atoms with Gasteiger partial charge in [-0.05, 0) is 49.7 Å². The molecule has 0 spiro atoms. The third-order valence-electron chi connectivity index (χ3n) is 3.66. The maximum atomic E-state index is 12.2. The summed E-state index contributed by atoms with van der Waals surface area (Å²) < 4.78 is 33.9. The molecule has 150 valence electrons. The Hall–Kier alpha value is -3.16. The third-order valence-corrected chi connectivity index (χ3v) is 3.66. The van der Waals surface area contributed by atoms with Gasteiger partial charge in [0, 0.05) is 18.7 Å². The number of para-hydroxylation sites is 1. The number of nitrogens with one attached hydrogen (secondary N) is 2. The number of benzene rings is 2. The molecular weight excluding hydrogens is 370 g/mol. The van der Waals surface area contributed by atoms with Crippen LogP contribution in [-0.4, -0.2) is 31.6 Å². The molecule has 0 radical (unpaired) electrons. The van der Waals surface area contributed by atoms with Crippen LogP contribution in [0.3, 0.4) is 0 Å². The van der Waals surface area contributed by atoms with Gasteiger partial charge in [0.25, 0.3) is 5.91 Å². The van der Waals surface area contributed by atoms with E-state index in [1.165, 1.54) is 24.3 Å². The number of amides is 2. The van der Waals surface area contributed by atoms with Crippen molar-refractivity contribution in [3.8, 4) is 11.5 Å². The van der Waals surface area contributed by atoms with Crippen LogP contribution in [0.1, 0.15) is 30.1 Å². The molecule has 0 atom stereocenters. The molecule has 0 aliphatic rings. The molecule has 0 aliphatic carbocycles. The molecular formula is C20H22F2N2O4. The number of carbonyl (C=O) groups is 2. The van der Waals surface area contributed by atoms with E-state index in [0.717, 1.165) is 0 Å². The minimum atomic E-state index is -2.89. The van der Waals surface area contributed by atoms with E-state index in [2.05, 4.69) is 15.4 Å². The summed E-state index contributed by atoms with van der Waals surface area (Å²) in [6, 6.07) is 12.6. The van der Waals surface area contributed by atoms with Crippen LogP contribution >= 0.6 is 0 Å². The average molecular weight is 392 g/mol. The lowest BCUT2D eigenvalue weighted by atomic mass is 10.2. The van der Waals surface area contributed by atoms with Crippen molar-refractivity contribution in [2.75, 3.05) is 18.5 Å². The molecule has 2 amide bonds. The van der Waals surface area contributed by atoms with Gasteiger partial charge in [0.15, 0.2) is 0 Å². The van der Waals surface area contributed by atoms with E-state index >= 15 is 0 Å². The first-order valence-corrected chi connectivity index (χ1v) is 8.84. The van der Waals surface area contributed by atoms with Gasteiger partial charge in [-0.2, -0.15) is 8.78 Å². The number of hydrogen-bond acceptors (Lipinski definition) is 4. The smallest absolute Gasteiger partial charge is 0.387 e. The standard InChI is InChI=1S/C20H22F2N2O4/c1-2-27-17-7-4-3-6-16(17)19(26)23-13-5-8-18(25)24-14-9-11-15(12-10-14)28-20(21)22/h3-4,6-7,9-12,20H,2,5,8,13H2,1H3,(H,23,26)(H,24,25). The molecule has 28 heavy (non-hydrogen) atoms. The summed E-state index contributed by atoms with van der Waals surface area (Å²) in [4.78, 5) is 24.2. The molecule has 0 unspecified atom stereocenters. The Balaban J connectivity index is 1.73. The molecule has 0 aliphatic heterocycles. The van der Waals surface area contributed by atoms with Crippen LogP contribution in [0.25, 0.3) is 0 Å². The third kappa shape index (κ3) is 6.86. The molecule has 2 aromatic rings. The van der Waals surface area contributed by atoms with Crippen molar-refractivity contribution in [2.45, 2.75) is 26.4 Å². The highest BCUT2D eigenvalue weighted by Gasteiger charge is 2.11. The Morgan fingerprint density at radius 3 is 2.46 bits per heavy atom. The van der Waals surface area contributed by atoms with Crippen LogP contribution in [0.2, 0.25) is 0 Å². The molecule has 8 heteroatoms. The lowest BCUT2D eigenvalue weighted by Gasteiger charge is -2.10. The van der Waals surface area contributed by atoms with Gasteiger partial charge in [-0.25, -0.2) is 0 Å². The molecule has 2 rings (SSSR count). The molecule has 0 saturated heterocycles. The summed E-state index contributed by atoms with van der Waals surface area (Å²) in [5, 5.41) is 5.41. The minimum Gasteiger partial charge on any atom is -0.493 e. The Kier molecular flexibility index (Phi) is 8.20. The maximum absolute atomic E-state index is 12.2.